The van der Waals surface area contributed by atoms with E-state index in [1.807, 2.05) is 30.3 Å². The molecule has 0 radical (unpaired) electrons. The van der Waals surface area contributed by atoms with Crippen molar-refractivity contribution < 1.29 is 8.42 Å². The fourth-order valence-corrected chi connectivity index (χ4v) is 2.64. The maximum atomic E-state index is 11.9. The molecule has 0 atom stereocenters. The molecule has 98 valence electrons. The molecule has 1 aromatic carbocycles. The SMILES string of the molecule is N#CCS(=O)(=O)N(CCCN)Cc1ccccc1. The van der Waals surface area contributed by atoms with E-state index in [1.165, 1.54) is 4.31 Å². The lowest BCUT2D eigenvalue weighted by molar-refractivity contribution is 0.404. The smallest absolute Gasteiger partial charge is 0.227 e. The van der Waals surface area contributed by atoms with Crippen LogP contribution in [-0.4, -0.2) is 31.6 Å². The minimum Gasteiger partial charge on any atom is -0.330 e. The molecule has 0 aliphatic carbocycles. The van der Waals surface area contributed by atoms with Crippen LogP contribution >= 0.6 is 0 Å². The molecule has 0 saturated heterocycles. The van der Waals surface area contributed by atoms with Gasteiger partial charge >= 0.3 is 0 Å². The summed E-state index contributed by atoms with van der Waals surface area (Å²) in [6.45, 7) is 1.05. The van der Waals surface area contributed by atoms with E-state index in [1.54, 1.807) is 6.07 Å². The van der Waals surface area contributed by atoms with Gasteiger partial charge in [-0.05, 0) is 18.5 Å². The van der Waals surface area contributed by atoms with Gasteiger partial charge in [-0.2, -0.15) is 9.57 Å². The Morgan fingerprint density at radius 1 is 1.28 bits per heavy atom. The Kier molecular flexibility index (Phi) is 5.78. The summed E-state index contributed by atoms with van der Waals surface area (Å²) in [5.74, 6) is -0.496. The van der Waals surface area contributed by atoms with Gasteiger partial charge in [-0.3, -0.25) is 0 Å². The average Bonchev–Trinajstić information content (AvgIpc) is 2.35. The first-order chi connectivity index (χ1) is 8.60. The molecule has 0 aromatic heterocycles. The molecule has 0 amide bonds. The third-order valence-electron chi connectivity index (χ3n) is 2.45. The van der Waals surface area contributed by atoms with Crippen LogP contribution in [0.1, 0.15) is 12.0 Å². The number of nitrogens with zero attached hydrogens (tertiary/aromatic N) is 2. The number of sulfonamides is 1. The predicted octanol–water partition coefficient (Wildman–Crippen LogP) is 0.691. The summed E-state index contributed by atoms with van der Waals surface area (Å²) in [4.78, 5) is 0. The minimum atomic E-state index is -3.53. The number of nitrogens with two attached hydrogens (primary N) is 1. The molecule has 1 rings (SSSR count). The topological polar surface area (TPSA) is 87.2 Å². The van der Waals surface area contributed by atoms with Gasteiger partial charge in [0, 0.05) is 13.1 Å². The van der Waals surface area contributed by atoms with E-state index in [9.17, 15) is 8.42 Å². The minimum absolute atomic E-state index is 0.283. The molecule has 0 saturated carbocycles. The fourth-order valence-electron chi connectivity index (χ4n) is 1.54. The Bertz CT molecular complexity index is 494. The second kappa shape index (κ2) is 7.11. The zero-order valence-electron chi connectivity index (χ0n) is 10.1. The average molecular weight is 267 g/mol. The monoisotopic (exact) mass is 267 g/mol. The first-order valence-electron chi connectivity index (χ1n) is 5.69. The van der Waals surface area contributed by atoms with Gasteiger partial charge in [-0.25, -0.2) is 8.42 Å². The lowest BCUT2D eigenvalue weighted by Gasteiger charge is -2.20. The van der Waals surface area contributed by atoms with E-state index in [2.05, 4.69) is 0 Å². The van der Waals surface area contributed by atoms with Crippen LogP contribution in [0.5, 0.6) is 0 Å². The summed E-state index contributed by atoms with van der Waals surface area (Å²) in [5.41, 5.74) is 6.30. The van der Waals surface area contributed by atoms with Gasteiger partial charge in [0.2, 0.25) is 10.0 Å². The van der Waals surface area contributed by atoms with Crippen molar-refractivity contribution in [2.45, 2.75) is 13.0 Å². The van der Waals surface area contributed by atoms with Crippen LogP contribution in [-0.2, 0) is 16.6 Å². The summed E-state index contributed by atoms with van der Waals surface area (Å²) >= 11 is 0. The van der Waals surface area contributed by atoms with Crippen LogP contribution in [0, 0.1) is 11.3 Å². The first-order valence-corrected chi connectivity index (χ1v) is 7.30. The summed E-state index contributed by atoms with van der Waals surface area (Å²) < 4.78 is 25.1. The van der Waals surface area contributed by atoms with Crippen LogP contribution in [0.25, 0.3) is 0 Å². The van der Waals surface area contributed by atoms with Crippen LogP contribution < -0.4 is 5.73 Å². The van der Waals surface area contributed by atoms with Crippen LogP contribution in [0.3, 0.4) is 0 Å². The molecule has 0 fully saturated rings. The quantitative estimate of drug-likeness (QED) is 0.787. The number of hydrogen-bond acceptors (Lipinski definition) is 4. The highest BCUT2D eigenvalue weighted by molar-refractivity contribution is 7.89. The lowest BCUT2D eigenvalue weighted by atomic mass is 10.2. The Morgan fingerprint density at radius 2 is 1.94 bits per heavy atom. The van der Waals surface area contributed by atoms with Crippen molar-refractivity contribution in [2.24, 2.45) is 5.73 Å². The molecule has 0 unspecified atom stereocenters. The highest BCUT2D eigenvalue weighted by Crippen LogP contribution is 2.10. The molecule has 0 aliphatic rings. The maximum Gasteiger partial charge on any atom is 0.227 e. The Hall–Kier alpha value is -1.42. The lowest BCUT2D eigenvalue weighted by Crippen LogP contribution is -2.34. The van der Waals surface area contributed by atoms with E-state index < -0.39 is 15.8 Å². The van der Waals surface area contributed by atoms with Gasteiger partial charge in [-0.1, -0.05) is 30.3 Å². The molecular formula is C12H17N3O2S. The fraction of sp³-hybridized carbons (Fsp3) is 0.417. The van der Waals surface area contributed by atoms with E-state index >= 15 is 0 Å². The van der Waals surface area contributed by atoms with Gasteiger partial charge in [0.25, 0.3) is 0 Å². The van der Waals surface area contributed by atoms with E-state index in [-0.39, 0.29) is 6.54 Å². The van der Waals surface area contributed by atoms with Crippen molar-refractivity contribution >= 4 is 10.0 Å². The molecule has 6 heteroatoms. The molecule has 0 aliphatic heterocycles. The highest BCUT2D eigenvalue weighted by atomic mass is 32.2. The number of rotatable bonds is 7. The predicted molar refractivity (Wildman–Crippen MR) is 69.9 cm³/mol. The zero-order valence-corrected chi connectivity index (χ0v) is 10.9. The van der Waals surface area contributed by atoms with Crippen molar-refractivity contribution in [3.05, 3.63) is 35.9 Å². The van der Waals surface area contributed by atoms with Crippen molar-refractivity contribution in [3.63, 3.8) is 0 Å². The summed E-state index contributed by atoms with van der Waals surface area (Å²) in [6, 6.07) is 11.0. The van der Waals surface area contributed by atoms with Gasteiger partial charge in [-0.15, -0.1) is 0 Å². The van der Waals surface area contributed by atoms with Crippen LogP contribution in [0.15, 0.2) is 30.3 Å². The van der Waals surface area contributed by atoms with E-state index in [4.69, 9.17) is 11.0 Å². The molecular weight excluding hydrogens is 250 g/mol. The molecule has 0 spiro atoms. The second-order valence-electron chi connectivity index (χ2n) is 3.88. The van der Waals surface area contributed by atoms with E-state index in [0.717, 1.165) is 5.56 Å². The first kappa shape index (κ1) is 14.6. The van der Waals surface area contributed by atoms with Gasteiger partial charge in [0.15, 0.2) is 5.75 Å². The van der Waals surface area contributed by atoms with Gasteiger partial charge < -0.3 is 5.73 Å². The third kappa shape index (κ3) is 4.45. The summed E-state index contributed by atoms with van der Waals surface area (Å²) in [5, 5.41) is 8.56. The van der Waals surface area contributed by atoms with Gasteiger partial charge in [0.05, 0.1) is 6.07 Å². The zero-order chi connectivity index (χ0) is 13.4. The molecule has 0 bridgehead atoms. The second-order valence-corrected chi connectivity index (χ2v) is 5.84. The van der Waals surface area contributed by atoms with Gasteiger partial charge in [0.1, 0.15) is 0 Å². The summed E-state index contributed by atoms with van der Waals surface area (Å²) in [6.07, 6.45) is 0.581. The van der Waals surface area contributed by atoms with Crippen molar-refractivity contribution in [2.75, 3.05) is 18.8 Å². The molecule has 5 nitrogen and oxygen atoms in total. The number of benzene rings is 1. The van der Waals surface area contributed by atoms with Crippen LogP contribution in [0.4, 0.5) is 0 Å². The van der Waals surface area contributed by atoms with Crippen molar-refractivity contribution in [3.8, 4) is 6.07 Å². The highest BCUT2D eigenvalue weighted by Gasteiger charge is 2.21. The van der Waals surface area contributed by atoms with Crippen LogP contribution in [0.2, 0.25) is 0 Å². The number of nitriles is 1. The molecule has 1 aromatic rings. The van der Waals surface area contributed by atoms with E-state index in [0.29, 0.717) is 19.5 Å². The molecule has 2 N–H and O–H groups in total. The third-order valence-corrected chi connectivity index (χ3v) is 4.05. The number of hydrogen-bond donors (Lipinski definition) is 1. The Balaban J connectivity index is 2.83. The standard InChI is InChI=1S/C12H17N3O2S/c13-7-4-9-15(18(16,17)10-8-14)11-12-5-2-1-3-6-12/h1-3,5-6H,4,7,9-11,13H2. The largest absolute Gasteiger partial charge is 0.330 e. The Labute approximate surface area is 108 Å². The maximum absolute atomic E-state index is 11.9. The molecule has 18 heavy (non-hydrogen) atoms. The van der Waals surface area contributed by atoms with Crippen molar-refractivity contribution in [1.82, 2.24) is 4.31 Å². The van der Waals surface area contributed by atoms with Crippen molar-refractivity contribution in [1.29, 1.82) is 5.26 Å². The normalized spacial score (nSPS) is 11.4. The summed E-state index contributed by atoms with van der Waals surface area (Å²) in [7, 11) is -3.53. The molecule has 0 heterocycles. The Morgan fingerprint density at radius 3 is 2.50 bits per heavy atom.